The van der Waals surface area contributed by atoms with E-state index in [1.807, 2.05) is 24.3 Å². The largest absolute Gasteiger partial charge is 0.378 e. The Morgan fingerprint density at radius 2 is 2.08 bits per heavy atom. The van der Waals surface area contributed by atoms with Gasteiger partial charge >= 0.3 is 0 Å². The van der Waals surface area contributed by atoms with Crippen molar-refractivity contribution in [2.75, 3.05) is 25.1 Å². The molecular formula is C16H20Cl2N4O2S. The number of carbonyl (C=O) groups excluding carboxylic acids is 1. The Balaban J connectivity index is 0.00000156. The van der Waals surface area contributed by atoms with Crippen LogP contribution in [0.2, 0.25) is 0 Å². The van der Waals surface area contributed by atoms with Crippen LogP contribution in [0.25, 0.3) is 0 Å². The molecule has 0 radical (unpaired) electrons. The molecule has 0 bridgehead atoms. The summed E-state index contributed by atoms with van der Waals surface area (Å²) in [6.07, 6.45) is 3.82. The van der Waals surface area contributed by atoms with Crippen LogP contribution in [0, 0.1) is 0 Å². The fourth-order valence-electron chi connectivity index (χ4n) is 2.24. The Hall–Kier alpha value is -1.38. The van der Waals surface area contributed by atoms with Gasteiger partial charge in [0.25, 0.3) is 0 Å². The first-order chi connectivity index (χ1) is 11.3. The summed E-state index contributed by atoms with van der Waals surface area (Å²) in [7, 11) is 0. The van der Waals surface area contributed by atoms with Crippen molar-refractivity contribution in [2.24, 2.45) is 0 Å². The Bertz CT molecular complexity index is 658. The van der Waals surface area contributed by atoms with Crippen molar-refractivity contribution in [3.63, 3.8) is 0 Å². The van der Waals surface area contributed by atoms with Crippen molar-refractivity contribution >= 4 is 48.2 Å². The standard InChI is InChI=1S/C16H18N4O2S.2ClH/c21-14(9-13-11-22-8-7-17-13)20-12-4-6-19-16(10-12)23-15-3-1-2-5-18-15;;/h1-6,10,13,17H,7-9,11H2,(H,19,20,21);2*1H. The Kier molecular flexibility index (Phi) is 9.77. The molecule has 1 unspecified atom stereocenters. The molecule has 1 aliphatic heterocycles. The normalized spacial score (nSPS) is 16.2. The van der Waals surface area contributed by atoms with Crippen LogP contribution in [0.15, 0.2) is 52.8 Å². The second-order valence-electron chi connectivity index (χ2n) is 5.13. The molecule has 0 saturated carbocycles. The maximum atomic E-state index is 12.1. The molecule has 6 nitrogen and oxygen atoms in total. The van der Waals surface area contributed by atoms with E-state index in [1.54, 1.807) is 18.5 Å². The molecule has 2 aromatic heterocycles. The van der Waals surface area contributed by atoms with Gasteiger partial charge in [-0.2, -0.15) is 0 Å². The first-order valence-electron chi connectivity index (χ1n) is 7.45. The van der Waals surface area contributed by atoms with Gasteiger partial charge in [-0.15, -0.1) is 24.8 Å². The molecule has 1 fully saturated rings. The Labute approximate surface area is 163 Å². The van der Waals surface area contributed by atoms with E-state index in [0.29, 0.717) is 19.6 Å². The lowest BCUT2D eigenvalue weighted by molar-refractivity contribution is -0.117. The minimum atomic E-state index is -0.0343. The zero-order valence-electron chi connectivity index (χ0n) is 13.4. The number of hydrogen-bond donors (Lipinski definition) is 2. The van der Waals surface area contributed by atoms with Crippen molar-refractivity contribution in [1.29, 1.82) is 0 Å². The minimum Gasteiger partial charge on any atom is -0.378 e. The average Bonchev–Trinajstić information content (AvgIpc) is 2.57. The zero-order chi connectivity index (χ0) is 15.9. The van der Waals surface area contributed by atoms with E-state index in [-0.39, 0.29) is 36.8 Å². The molecule has 1 amide bonds. The van der Waals surface area contributed by atoms with Crippen molar-refractivity contribution in [2.45, 2.75) is 22.5 Å². The Morgan fingerprint density at radius 1 is 1.24 bits per heavy atom. The summed E-state index contributed by atoms with van der Waals surface area (Å²) in [5, 5.41) is 7.84. The number of nitrogens with one attached hydrogen (secondary N) is 2. The second-order valence-corrected chi connectivity index (χ2v) is 6.17. The van der Waals surface area contributed by atoms with Crippen molar-refractivity contribution in [1.82, 2.24) is 15.3 Å². The number of amides is 1. The molecule has 1 aliphatic rings. The van der Waals surface area contributed by atoms with E-state index >= 15 is 0 Å². The predicted molar refractivity (Wildman–Crippen MR) is 103 cm³/mol. The van der Waals surface area contributed by atoms with E-state index in [9.17, 15) is 4.79 Å². The van der Waals surface area contributed by atoms with Crippen molar-refractivity contribution < 1.29 is 9.53 Å². The number of pyridine rings is 2. The monoisotopic (exact) mass is 402 g/mol. The van der Waals surface area contributed by atoms with Gasteiger partial charge in [0.15, 0.2) is 0 Å². The maximum Gasteiger partial charge on any atom is 0.226 e. The molecule has 9 heteroatoms. The highest BCUT2D eigenvalue weighted by atomic mass is 35.5. The summed E-state index contributed by atoms with van der Waals surface area (Å²) in [4.78, 5) is 20.7. The SMILES string of the molecule is Cl.Cl.O=C(CC1COCCN1)Nc1ccnc(Sc2ccccn2)c1. The smallest absolute Gasteiger partial charge is 0.226 e. The number of morpholine rings is 1. The molecule has 0 spiro atoms. The first-order valence-corrected chi connectivity index (χ1v) is 8.27. The van der Waals surface area contributed by atoms with Gasteiger partial charge in [-0.05, 0) is 24.3 Å². The van der Waals surface area contributed by atoms with Gasteiger partial charge in [0, 0.05) is 37.1 Å². The van der Waals surface area contributed by atoms with E-state index in [0.717, 1.165) is 22.3 Å². The summed E-state index contributed by atoms with van der Waals surface area (Å²) in [5.41, 5.74) is 0.736. The minimum absolute atomic E-state index is 0. The van der Waals surface area contributed by atoms with Crippen molar-refractivity contribution in [3.05, 3.63) is 42.7 Å². The summed E-state index contributed by atoms with van der Waals surface area (Å²) in [6, 6.07) is 9.43. The molecule has 2 aromatic rings. The van der Waals surface area contributed by atoms with Crippen LogP contribution in [-0.2, 0) is 9.53 Å². The van der Waals surface area contributed by atoms with E-state index in [2.05, 4.69) is 20.6 Å². The van der Waals surface area contributed by atoms with Crippen LogP contribution in [0.3, 0.4) is 0 Å². The summed E-state index contributed by atoms with van der Waals surface area (Å²) in [6.45, 7) is 2.07. The third-order valence-electron chi connectivity index (χ3n) is 3.30. The van der Waals surface area contributed by atoms with Crippen LogP contribution in [0.1, 0.15) is 6.42 Å². The quantitative estimate of drug-likeness (QED) is 0.800. The molecule has 1 saturated heterocycles. The van der Waals surface area contributed by atoms with Crippen molar-refractivity contribution in [3.8, 4) is 0 Å². The maximum absolute atomic E-state index is 12.1. The molecular weight excluding hydrogens is 383 g/mol. The first kappa shape index (κ1) is 21.7. The molecule has 0 aliphatic carbocycles. The number of halogens is 2. The van der Waals surface area contributed by atoms with E-state index in [1.165, 1.54) is 11.8 Å². The topological polar surface area (TPSA) is 76.1 Å². The Morgan fingerprint density at radius 3 is 2.80 bits per heavy atom. The van der Waals surface area contributed by atoms with Crippen LogP contribution in [0.4, 0.5) is 5.69 Å². The summed E-state index contributed by atoms with van der Waals surface area (Å²) >= 11 is 1.46. The highest BCUT2D eigenvalue weighted by Crippen LogP contribution is 2.25. The lowest BCUT2D eigenvalue weighted by atomic mass is 10.2. The summed E-state index contributed by atoms with van der Waals surface area (Å²) in [5.74, 6) is -0.0343. The van der Waals surface area contributed by atoms with Gasteiger partial charge in [0.05, 0.1) is 13.2 Å². The highest BCUT2D eigenvalue weighted by molar-refractivity contribution is 7.99. The van der Waals surface area contributed by atoms with Gasteiger partial charge in [-0.25, -0.2) is 9.97 Å². The third-order valence-corrected chi connectivity index (χ3v) is 4.18. The molecule has 2 N–H and O–H groups in total. The van der Waals surface area contributed by atoms with Crippen LogP contribution in [0.5, 0.6) is 0 Å². The zero-order valence-corrected chi connectivity index (χ0v) is 15.8. The number of carbonyl (C=O) groups is 1. The van der Waals surface area contributed by atoms with Gasteiger partial charge in [0.1, 0.15) is 10.1 Å². The lowest BCUT2D eigenvalue weighted by Crippen LogP contribution is -2.43. The van der Waals surface area contributed by atoms with Gasteiger partial charge < -0.3 is 15.4 Å². The molecule has 3 rings (SSSR count). The molecule has 25 heavy (non-hydrogen) atoms. The molecule has 3 heterocycles. The van der Waals surface area contributed by atoms with Crippen LogP contribution < -0.4 is 10.6 Å². The van der Waals surface area contributed by atoms with Gasteiger partial charge in [-0.3, -0.25) is 4.79 Å². The van der Waals surface area contributed by atoms with Gasteiger partial charge in [-0.1, -0.05) is 17.8 Å². The van der Waals surface area contributed by atoms with Crippen LogP contribution >= 0.6 is 36.6 Å². The average molecular weight is 403 g/mol. The number of aromatic nitrogens is 2. The molecule has 1 atom stereocenters. The lowest BCUT2D eigenvalue weighted by Gasteiger charge is -2.23. The number of ether oxygens (including phenoxy) is 1. The number of anilines is 1. The molecule has 0 aromatic carbocycles. The number of nitrogens with zero attached hydrogens (tertiary/aromatic N) is 2. The third kappa shape index (κ3) is 7.17. The fraction of sp³-hybridized carbons (Fsp3) is 0.312. The molecule has 136 valence electrons. The number of rotatable bonds is 5. The van der Waals surface area contributed by atoms with E-state index < -0.39 is 0 Å². The fourth-order valence-corrected chi connectivity index (χ4v) is 3.02. The second kappa shape index (κ2) is 11.3. The van der Waals surface area contributed by atoms with Crippen LogP contribution in [-0.4, -0.2) is 41.7 Å². The van der Waals surface area contributed by atoms with Gasteiger partial charge in [0.2, 0.25) is 5.91 Å². The highest BCUT2D eigenvalue weighted by Gasteiger charge is 2.17. The number of hydrogen-bond acceptors (Lipinski definition) is 6. The van der Waals surface area contributed by atoms with E-state index in [4.69, 9.17) is 4.74 Å². The predicted octanol–water partition coefficient (Wildman–Crippen LogP) is 2.79. The summed E-state index contributed by atoms with van der Waals surface area (Å²) < 4.78 is 5.36.